The van der Waals surface area contributed by atoms with E-state index >= 15 is 0 Å². The molecule has 4 aromatic carbocycles. The number of hydrogen-bond acceptors (Lipinski definition) is 3. The van der Waals surface area contributed by atoms with Gasteiger partial charge in [-0.1, -0.05) is 85.8 Å². The fourth-order valence-electron chi connectivity index (χ4n) is 5.62. The van der Waals surface area contributed by atoms with Gasteiger partial charge >= 0.3 is 0 Å². The van der Waals surface area contributed by atoms with E-state index in [4.69, 9.17) is 0 Å². The van der Waals surface area contributed by atoms with Crippen LogP contribution < -0.4 is 10.2 Å². The van der Waals surface area contributed by atoms with Crippen molar-refractivity contribution in [3.8, 4) is 0 Å². The molecule has 6 nitrogen and oxygen atoms in total. The van der Waals surface area contributed by atoms with Crippen LogP contribution in [0.25, 0.3) is 10.8 Å². The van der Waals surface area contributed by atoms with Gasteiger partial charge in [0.05, 0.1) is 5.69 Å². The van der Waals surface area contributed by atoms with E-state index in [2.05, 4.69) is 5.32 Å². The number of nitrogens with one attached hydrogen (secondary N) is 1. The normalized spacial score (nSPS) is 12.9. The minimum absolute atomic E-state index is 0.0260. The molecule has 0 fully saturated rings. The summed E-state index contributed by atoms with van der Waals surface area (Å²) in [6, 6.07) is 28.9. The zero-order valence-corrected chi connectivity index (χ0v) is 23.8. The minimum atomic E-state index is -0.650. The number of nitrogens with zero attached hydrogens (tertiary/aromatic N) is 2. The number of aryl methyl sites for hydroxylation is 1. The van der Waals surface area contributed by atoms with Crippen LogP contribution in [0.3, 0.4) is 0 Å². The first-order valence-corrected chi connectivity index (χ1v) is 14.5. The molecule has 6 heteroatoms. The fourth-order valence-corrected chi connectivity index (χ4v) is 5.62. The van der Waals surface area contributed by atoms with Crippen LogP contribution in [-0.2, 0) is 22.6 Å². The van der Waals surface area contributed by atoms with E-state index in [0.29, 0.717) is 38.0 Å². The van der Waals surface area contributed by atoms with Gasteiger partial charge in [0.2, 0.25) is 11.8 Å². The van der Waals surface area contributed by atoms with E-state index in [1.807, 2.05) is 105 Å². The molecule has 1 aliphatic rings. The summed E-state index contributed by atoms with van der Waals surface area (Å²) in [6.07, 6.45) is 1.96. The van der Waals surface area contributed by atoms with Gasteiger partial charge in [0.25, 0.3) is 5.91 Å². The van der Waals surface area contributed by atoms with Crippen molar-refractivity contribution in [2.24, 2.45) is 0 Å². The van der Waals surface area contributed by atoms with Gasteiger partial charge in [0.15, 0.2) is 0 Å². The first kappa shape index (κ1) is 28.1. The van der Waals surface area contributed by atoms with Gasteiger partial charge in [0.1, 0.15) is 6.04 Å². The van der Waals surface area contributed by atoms with Crippen molar-refractivity contribution in [3.05, 3.63) is 113 Å². The third kappa shape index (κ3) is 6.17. The molecule has 5 rings (SSSR count). The van der Waals surface area contributed by atoms with Crippen molar-refractivity contribution in [2.45, 2.75) is 52.1 Å². The lowest BCUT2D eigenvalue weighted by atomic mass is 10.0. The zero-order chi connectivity index (χ0) is 28.8. The summed E-state index contributed by atoms with van der Waals surface area (Å²) in [5.41, 5.74) is 4.69. The molecule has 0 saturated carbocycles. The monoisotopic (exact) mass is 547 g/mol. The Morgan fingerprint density at radius 3 is 2.39 bits per heavy atom. The fraction of sp³-hybridized carbons (Fsp3) is 0.286. The van der Waals surface area contributed by atoms with Crippen LogP contribution in [0.5, 0.6) is 0 Å². The number of carbonyl (C=O) groups excluding carboxylic acids is 3. The molecule has 0 aromatic heterocycles. The third-order valence-electron chi connectivity index (χ3n) is 7.84. The largest absolute Gasteiger partial charge is 0.354 e. The molecule has 0 aliphatic carbocycles. The van der Waals surface area contributed by atoms with E-state index in [9.17, 15) is 14.4 Å². The van der Waals surface area contributed by atoms with Crippen LogP contribution in [0, 0.1) is 6.92 Å². The van der Waals surface area contributed by atoms with E-state index in [1.165, 1.54) is 0 Å². The topological polar surface area (TPSA) is 69.7 Å². The summed E-state index contributed by atoms with van der Waals surface area (Å²) in [4.78, 5) is 44.3. The highest BCUT2D eigenvalue weighted by molar-refractivity contribution is 6.25. The Morgan fingerprint density at radius 2 is 1.63 bits per heavy atom. The van der Waals surface area contributed by atoms with Gasteiger partial charge in [-0.2, -0.15) is 0 Å². The second-order valence-corrected chi connectivity index (χ2v) is 10.7. The number of amides is 3. The lowest BCUT2D eigenvalue weighted by Crippen LogP contribution is -2.50. The molecule has 0 saturated heterocycles. The van der Waals surface area contributed by atoms with Crippen LogP contribution in [0.15, 0.2) is 91.0 Å². The second kappa shape index (κ2) is 12.8. The highest BCUT2D eigenvalue weighted by Crippen LogP contribution is 2.37. The van der Waals surface area contributed by atoms with Crippen molar-refractivity contribution in [3.63, 3.8) is 0 Å². The summed E-state index contributed by atoms with van der Waals surface area (Å²) in [5, 5.41) is 5.05. The molecular weight excluding hydrogens is 510 g/mol. The van der Waals surface area contributed by atoms with E-state index in [1.54, 1.807) is 9.80 Å². The molecule has 3 amide bonds. The number of hydrogen-bond donors (Lipinski definition) is 1. The number of benzene rings is 4. The molecule has 4 aromatic rings. The smallest absolute Gasteiger partial charge is 0.258 e. The van der Waals surface area contributed by atoms with Gasteiger partial charge in [-0.25, -0.2) is 0 Å². The molecule has 1 aliphatic heterocycles. The van der Waals surface area contributed by atoms with Crippen molar-refractivity contribution in [1.29, 1.82) is 0 Å². The maximum absolute atomic E-state index is 14.0. The number of rotatable bonds is 12. The first-order valence-electron chi connectivity index (χ1n) is 14.5. The highest BCUT2D eigenvalue weighted by Gasteiger charge is 2.32. The quantitative estimate of drug-likeness (QED) is 0.235. The van der Waals surface area contributed by atoms with Crippen molar-refractivity contribution in [2.75, 3.05) is 18.0 Å². The maximum atomic E-state index is 14.0. The summed E-state index contributed by atoms with van der Waals surface area (Å²) in [5.74, 6) is -0.264. The summed E-state index contributed by atoms with van der Waals surface area (Å²) >= 11 is 0. The van der Waals surface area contributed by atoms with Gasteiger partial charge in [-0.05, 0) is 54.0 Å². The van der Waals surface area contributed by atoms with E-state index in [0.717, 1.165) is 39.6 Å². The second-order valence-electron chi connectivity index (χ2n) is 10.7. The average Bonchev–Trinajstić information content (AvgIpc) is 3.27. The van der Waals surface area contributed by atoms with Crippen molar-refractivity contribution >= 4 is 34.2 Å². The van der Waals surface area contributed by atoms with Gasteiger partial charge in [0, 0.05) is 43.4 Å². The van der Waals surface area contributed by atoms with Crippen LogP contribution >= 0.6 is 0 Å². The summed E-state index contributed by atoms with van der Waals surface area (Å²) in [6.45, 7) is 5.37. The molecule has 1 atom stereocenters. The van der Waals surface area contributed by atoms with Crippen molar-refractivity contribution in [1.82, 2.24) is 10.2 Å². The molecular formula is C35H37N3O3. The average molecular weight is 548 g/mol. The first-order chi connectivity index (χ1) is 20.0. The van der Waals surface area contributed by atoms with E-state index in [-0.39, 0.29) is 24.1 Å². The van der Waals surface area contributed by atoms with Gasteiger partial charge in [-0.15, -0.1) is 0 Å². The van der Waals surface area contributed by atoms with Crippen LogP contribution in [0.1, 0.15) is 53.2 Å². The molecule has 1 unspecified atom stereocenters. The Bertz CT molecular complexity index is 1540. The van der Waals surface area contributed by atoms with Gasteiger partial charge < -0.3 is 15.1 Å². The van der Waals surface area contributed by atoms with E-state index < -0.39 is 6.04 Å². The Morgan fingerprint density at radius 1 is 0.902 bits per heavy atom. The molecule has 41 heavy (non-hydrogen) atoms. The Kier molecular flexibility index (Phi) is 8.78. The van der Waals surface area contributed by atoms with Gasteiger partial charge in [-0.3, -0.25) is 14.4 Å². The summed E-state index contributed by atoms with van der Waals surface area (Å²) < 4.78 is 0. The molecule has 0 spiro atoms. The molecule has 0 bridgehead atoms. The van der Waals surface area contributed by atoms with Crippen LogP contribution in [0.2, 0.25) is 0 Å². The third-order valence-corrected chi connectivity index (χ3v) is 7.84. The van der Waals surface area contributed by atoms with Crippen LogP contribution in [0.4, 0.5) is 5.69 Å². The summed E-state index contributed by atoms with van der Waals surface area (Å²) in [7, 11) is 0. The predicted octanol–water partition coefficient (Wildman–Crippen LogP) is 6.05. The molecule has 210 valence electrons. The number of anilines is 1. The highest BCUT2D eigenvalue weighted by atomic mass is 16.2. The molecule has 1 heterocycles. The van der Waals surface area contributed by atoms with Crippen molar-refractivity contribution < 1.29 is 14.4 Å². The molecule has 0 radical (unpaired) electrons. The van der Waals surface area contributed by atoms with Crippen LogP contribution in [-0.4, -0.2) is 41.8 Å². The Labute approximate surface area is 242 Å². The predicted molar refractivity (Wildman–Crippen MR) is 164 cm³/mol. The Hall–Kier alpha value is -4.45. The Balaban J connectivity index is 1.37. The standard InChI is InChI=1S/C35H37N3O3/c1-3-21-36-34(40)31(23-26-13-5-4-6-14-26)38(24-28-15-8-7-12-25(28)2)32(39)20-11-22-37-30-19-10-17-27-16-9-18-29(33(27)30)35(37)41/h4-10,12-19,31H,3,11,20-24H2,1-2H3,(H,36,40). The SMILES string of the molecule is CCCNC(=O)C(Cc1ccccc1)N(Cc1ccccc1C)C(=O)CCCN1C(=O)c2cccc3cccc1c23. The zero-order valence-electron chi connectivity index (χ0n) is 23.8. The molecule has 1 N–H and O–H groups in total. The lowest BCUT2D eigenvalue weighted by Gasteiger charge is -2.32. The number of carbonyl (C=O) groups is 3. The lowest BCUT2D eigenvalue weighted by molar-refractivity contribution is -0.141. The maximum Gasteiger partial charge on any atom is 0.258 e. The minimum Gasteiger partial charge on any atom is -0.354 e.